The number of carbonyl (C=O) groups excluding carboxylic acids is 3. The number of nitriles is 1. The predicted molar refractivity (Wildman–Crippen MR) is 181 cm³/mol. The van der Waals surface area contributed by atoms with Gasteiger partial charge in [0.15, 0.2) is 5.78 Å². The van der Waals surface area contributed by atoms with Gasteiger partial charge in [0.2, 0.25) is 0 Å². The molecule has 0 aromatic heterocycles. The van der Waals surface area contributed by atoms with Crippen molar-refractivity contribution < 1.29 is 50.9 Å². The van der Waals surface area contributed by atoms with Gasteiger partial charge in [-0.1, -0.05) is 0 Å². The molecule has 2 aromatic rings. The van der Waals surface area contributed by atoms with Crippen molar-refractivity contribution in [2.24, 2.45) is 22.6 Å². The number of hydrogen-bond acceptors (Lipinski definition) is 12. The fourth-order valence-corrected chi connectivity index (χ4v) is 10.5. The van der Waals surface area contributed by atoms with Gasteiger partial charge >= 0.3 is 223 Å². The first kappa shape index (κ1) is 36.1. The molecular weight excluding hydrogens is 741 g/mol. The summed E-state index contributed by atoms with van der Waals surface area (Å²) in [4.78, 5) is 44.0. The van der Waals surface area contributed by atoms with Crippen molar-refractivity contribution in [3.05, 3.63) is 67.5 Å². The number of nitrogens with zero attached hydrogens (tertiary/aromatic N) is 3. The Morgan fingerprint density at radius 3 is 2.31 bits per heavy atom. The summed E-state index contributed by atoms with van der Waals surface area (Å²) in [6.45, 7) is 6.96. The normalized spacial score (nSPS) is 26.7. The molecule has 10 N–H and O–H groups in total. The zero-order valence-corrected chi connectivity index (χ0v) is 30.8. The Morgan fingerprint density at radius 2 is 1.76 bits per heavy atom. The van der Waals surface area contributed by atoms with E-state index in [1.807, 2.05) is 24.3 Å². The number of hydrogen-bond donors (Lipinski definition) is 7. The van der Waals surface area contributed by atoms with Gasteiger partial charge in [-0.25, -0.2) is 0 Å². The second-order valence-electron chi connectivity index (χ2n) is 14.4. The van der Waals surface area contributed by atoms with Crippen molar-refractivity contribution in [1.82, 2.24) is 4.90 Å². The Balaban J connectivity index is 1.72. The number of nitrogens with one attached hydrogen (secondary N) is 1. The number of aliphatic hydroxyl groups excluding tert-OH is 2. The molecule has 13 nitrogen and oxygen atoms in total. The van der Waals surface area contributed by atoms with E-state index in [9.17, 15) is 35.0 Å². The van der Waals surface area contributed by atoms with Gasteiger partial charge in [-0.05, 0) is 14.1 Å². The van der Waals surface area contributed by atoms with Crippen LogP contribution in [-0.4, -0.2) is 86.4 Å². The van der Waals surface area contributed by atoms with Crippen LogP contribution in [-0.2, 0) is 27.3 Å². The molecule has 1 saturated carbocycles. The van der Waals surface area contributed by atoms with Crippen LogP contribution in [0.5, 0.6) is 5.75 Å². The minimum atomic E-state index is -2.72. The van der Waals surface area contributed by atoms with E-state index >= 15 is 0 Å². The number of aliphatic hydroxyl groups is 2. The number of halogens is 1. The number of phenolic OH excluding ortho intramolecular Hbond substituents is 1. The summed E-state index contributed by atoms with van der Waals surface area (Å²) in [6.07, 6.45) is -0.570. The van der Waals surface area contributed by atoms with Crippen molar-refractivity contribution in [2.75, 3.05) is 38.4 Å². The Kier molecular flexibility index (Phi) is 8.85. The number of anilines is 2. The molecule has 0 spiro atoms. The third kappa shape index (κ3) is 5.34. The van der Waals surface area contributed by atoms with Gasteiger partial charge in [0.1, 0.15) is 5.57 Å². The molecule has 0 saturated heterocycles. The fourth-order valence-electron chi connectivity index (χ4n) is 7.64. The third-order valence-electron chi connectivity index (χ3n) is 9.52. The van der Waals surface area contributed by atoms with Gasteiger partial charge in [0.05, 0.1) is 6.04 Å². The number of aromatic hydroxyl groups is 1. The van der Waals surface area contributed by atoms with E-state index in [4.69, 9.17) is 17.2 Å². The van der Waals surface area contributed by atoms with Crippen LogP contribution in [0.3, 0.4) is 0 Å². The quantitative estimate of drug-likeness (QED) is 0.0748. The molecule has 0 aliphatic heterocycles. The van der Waals surface area contributed by atoms with Crippen LogP contribution in [0.15, 0.2) is 47.2 Å². The first-order valence-corrected chi connectivity index (χ1v) is 17.8. The van der Waals surface area contributed by atoms with Crippen molar-refractivity contribution in [2.45, 2.75) is 60.7 Å². The number of primary amides is 1. The van der Waals surface area contributed by atoms with Gasteiger partial charge in [-0.15, -0.1) is 0 Å². The molecule has 3 aliphatic rings. The summed E-state index contributed by atoms with van der Waals surface area (Å²) in [7, 11) is 6.53. The van der Waals surface area contributed by atoms with Crippen molar-refractivity contribution in [3.63, 3.8) is 0 Å². The monoisotopic (exact) mass is 784 g/mol. The van der Waals surface area contributed by atoms with Crippen LogP contribution in [0.25, 0.3) is 5.76 Å². The summed E-state index contributed by atoms with van der Waals surface area (Å²) in [6, 6.07) is 10.2. The number of amides is 1. The number of ketones is 2. The summed E-state index contributed by atoms with van der Waals surface area (Å²) in [5.41, 5.74) is 13.7. The van der Waals surface area contributed by atoms with E-state index in [0.717, 1.165) is 5.56 Å². The van der Waals surface area contributed by atoms with Crippen molar-refractivity contribution in [3.8, 4) is 11.8 Å². The molecule has 262 valence electrons. The first-order chi connectivity index (χ1) is 22.7. The molecule has 49 heavy (non-hydrogen) atoms. The number of likely N-dealkylation sites (N-methyl/N-ethyl adjacent to an activating group) is 1. The van der Waals surface area contributed by atoms with Crippen LogP contribution >= 0.6 is 0 Å². The summed E-state index contributed by atoms with van der Waals surface area (Å²) < 4.78 is 1.39. The average molecular weight is 785 g/mol. The Labute approximate surface area is 295 Å². The van der Waals surface area contributed by atoms with Gasteiger partial charge in [-0.2, -0.15) is 5.26 Å². The zero-order valence-electron chi connectivity index (χ0n) is 28.6. The van der Waals surface area contributed by atoms with Gasteiger partial charge in [0.25, 0.3) is 5.91 Å². The molecule has 1 fully saturated rings. The Bertz CT molecular complexity index is 1910. The average Bonchev–Trinajstić information content (AvgIpc) is 2.95. The first-order valence-electron chi connectivity index (χ1n) is 15.6. The van der Waals surface area contributed by atoms with E-state index in [0.29, 0.717) is 17.8 Å². The number of rotatable bonds is 7. The molecule has 0 unspecified atom stereocenters. The summed E-state index contributed by atoms with van der Waals surface area (Å²) in [5, 5.41) is 49.2. The molecular formula is C35H43IN7O6-. The number of phenols is 1. The van der Waals surface area contributed by atoms with Crippen molar-refractivity contribution >= 4 is 34.6 Å². The van der Waals surface area contributed by atoms with E-state index in [1.54, 1.807) is 25.1 Å². The van der Waals surface area contributed by atoms with E-state index < -0.39 is 69.1 Å². The molecule has 1 amide bonds. The fraction of sp³-hybridized carbons (Fsp3) is 0.429. The van der Waals surface area contributed by atoms with Crippen LogP contribution in [0.1, 0.15) is 43.9 Å². The molecule has 2 aromatic carbocycles. The standard InChI is InChI=1S/C35H43IN7O6/c1-32(2,3)36-19-11-9-8-10-17(19)14-41-20-12-21(42(4)5)18-13-33(39)15-35(40)28(43(6)7)27(46)23(31(38)49)29(47)34(35,16-37)30(48)24(33)26(45)22(18)25(20)44/h8-12,28,41,44-45,47H,13-15,39-40H2,1-7H3,(H2,38,49)/q-1/t28-,33-,34+,35-/m1/s1. The Morgan fingerprint density at radius 1 is 1.12 bits per heavy atom. The predicted octanol–water partition coefficient (Wildman–Crippen LogP) is -1.36. The second-order valence-corrected chi connectivity index (χ2v) is 19.4. The number of benzene rings is 2. The minimum absolute atomic E-state index is 0.0687. The molecule has 0 heterocycles. The zero-order chi connectivity index (χ0) is 36.6. The number of carbonyl (C=O) groups is 3. The summed E-state index contributed by atoms with van der Waals surface area (Å²) in [5.74, 6) is -5.71. The van der Waals surface area contributed by atoms with Gasteiger partial charge in [0, 0.05) is 0 Å². The van der Waals surface area contributed by atoms with E-state index in [1.165, 1.54) is 22.6 Å². The van der Waals surface area contributed by atoms with Crippen LogP contribution in [0.2, 0.25) is 0 Å². The SMILES string of the molecule is CN(C)c1cc(NCc2ccccc2[I-]C(C)(C)C)c(O)c2c1C[C@@]1(N)C[C@@]3(N)[C@H](N(C)C)C(=O)C(C(N)=O)=C(O)[C@@]3(C#N)C(=O)C1=C2O. The molecule has 3 aliphatic carbocycles. The number of alkyl halides is 1. The van der Waals surface area contributed by atoms with E-state index in [-0.39, 0.29) is 48.0 Å². The molecule has 4 atom stereocenters. The number of fused-ring (bicyclic) bond motifs is 3. The van der Waals surface area contributed by atoms with Crippen LogP contribution < -0.4 is 48.6 Å². The maximum atomic E-state index is 14.7. The van der Waals surface area contributed by atoms with Gasteiger partial charge in [-0.3, -0.25) is 14.5 Å². The van der Waals surface area contributed by atoms with Crippen molar-refractivity contribution in [1.29, 1.82) is 5.26 Å². The second kappa shape index (κ2) is 12.0. The van der Waals surface area contributed by atoms with Crippen LogP contribution in [0, 0.1) is 20.3 Å². The number of nitrogens with two attached hydrogens (primary N) is 3. The van der Waals surface area contributed by atoms with E-state index in [2.05, 4.69) is 32.2 Å². The molecule has 0 radical (unpaired) electrons. The number of Topliss-reactive ketones (excluding diaryl/α,β-unsaturated/α-hetero) is 2. The maximum absolute atomic E-state index is 14.7. The summed E-state index contributed by atoms with van der Waals surface area (Å²) >= 11 is -0.345. The van der Waals surface area contributed by atoms with Gasteiger partial charge < -0.3 is 16.6 Å². The molecule has 5 rings (SSSR count). The Hall–Kier alpha value is -4.17. The third-order valence-corrected chi connectivity index (χ3v) is 12.8. The van der Waals surface area contributed by atoms with Crippen LogP contribution in [0.4, 0.5) is 11.4 Å². The topological polar surface area (TPSA) is 232 Å². The molecule has 14 heteroatoms. The molecule has 0 bridgehead atoms.